The molecule has 1 N–H and O–H groups in total. The Bertz CT molecular complexity index is 1360. The summed E-state index contributed by atoms with van der Waals surface area (Å²) in [5.41, 5.74) is 8.18. The van der Waals surface area contributed by atoms with Crippen LogP contribution < -0.4 is 0 Å². The molecule has 4 heteroatoms. The van der Waals surface area contributed by atoms with E-state index >= 15 is 0 Å². The number of carbonyl (C=O) groups is 1. The van der Waals surface area contributed by atoms with Crippen molar-refractivity contribution in [2.45, 2.75) is 19.3 Å². The smallest absolute Gasteiger partial charge is 0.328 e. The number of benzene rings is 3. The third kappa shape index (κ3) is 4.24. The molecule has 1 aliphatic carbocycles. The molecule has 1 aromatic heterocycles. The van der Waals surface area contributed by atoms with Gasteiger partial charge in [-0.15, -0.1) is 0 Å². The third-order valence-corrected chi connectivity index (χ3v) is 6.52. The van der Waals surface area contributed by atoms with Crippen LogP contribution in [-0.4, -0.2) is 20.9 Å². The Labute approximate surface area is 193 Å². The molecule has 0 atom stereocenters. The van der Waals surface area contributed by atoms with E-state index in [1.54, 1.807) is 6.08 Å². The first-order valence-corrected chi connectivity index (χ1v) is 11.3. The molecule has 0 aliphatic heterocycles. The van der Waals surface area contributed by atoms with E-state index in [9.17, 15) is 4.79 Å². The zero-order chi connectivity index (χ0) is 22.8. The molecule has 3 aromatic carbocycles. The maximum absolute atomic E-state index is 10.9. The molecule has 0 radical (unpaired) electrons. The normalized spacial score (nSPS) is 14.9. The van der Waals surface area contributed by atoms with Crippen LogP contribution in [0.5, 0.6) is 0 Å². The van der Waals surface area contributed by atoms with E-state index in [1.807, 2.05) is 30.1 Å². The van der Waals surface area contributed by atoms with Gasteiger partial charge in [-0.25, -0.2) is 4.79 Å². The number of hydrogen-bond acceptors (Lipinski definition) is 2. The molecule has 4 aromatic rings. The first kappa shape index (κ1) is 21.0. The molecule has 5 rings (SSSR count). The summed E-state index contributed by atoms with van der Waals surface area (Å²) >= 11 is 0. The Hall–Kier alpha value is -3.92. The Morgan fingerprint density at radius 3 is 2.36 bits per heavy atom. The van der Waals surface area contributed by atoms with Gasteiger partial charge < -0.3 is 5.11 Å². The molecule has 0 saturated heterocycles. The maximum atomic E-state index is 10.9. The van der Waals surface area contributed by atoms with Crippen molar-refractivity contribution < 1.29 is 9.90 Å². The van der Waals surface area contributed by atoms with Crippen molar-refractivity contribution in [3.8, 4) is 0 Å². The standard InChI is InChI=1S/C29H26N2O2/c1-31-26-16-15-24(18-25(26)19-30-31)29(23-13-10-20(11-14-23)12-17-27(32)33)28(22-8-5-9-22)21-6-3-2-4-7-21/h2-4,6-7,10-19,22H,5,8-9H2,1H3,(H,32,33)/b17-12?,29-28-. The lowest BCUT2D eigenvalue weighted by molar-refractivity contribution is -0.131. The van der Waals surface area contributed by atoms with Crippen LogP contribution in [-0.2, 0) is 11.8 Å². The SMILES string of the molecule is Cn1ncc2cc(/C(=C(/c3ccccc3)C3CCC3)c3ccc(C=CC(=O)O)cc3)ccc21. The molecule has 1 heterocycles. The van der Waals surface area contributed by atoms with Crippen molar-refractivity contribution in [1.82, 2.24) is 9.78 Å². The fraction of sp³-hybridized carbons (Fsp3) is 0.172. The highest BCUT2D eigenvalue weighted by molar-refractivity contribution is 6.01. The second-order valence-corrected chi connectivity index (χ2v) is 8.62. The minimum atomic E-state index is -0.944. The van der Waals surface area contributed by atoms with Crippen molar-refractivity contribution >= 4 is 34.1 Å². The highest BCUT2D eigenvalue weighted by Crippen LogP contribution is 2.45. The number of carboxylic acid groups (broad SMARTS) is 1. The summed E-state index contributed by atoms with van der Waals surface area (Å²) in [7, 11) is 1.96. The van der Waals surface area contributed by atoms with Gasteiger partial charge in [0.05, 0.1) is 11.7 Å². The number of allylic oxidation sites excluding steroid dienone is 1. The molecule has 0 spiro atoms. The molecule has 33 heavy (non-hydrogen) atoms. The van der Waals surface area contributed by atoms with Gasteiger partial charge in [0.1, 0.15) is 0 Å². The van der Waals surface area contributed by atoms with Crippen LogP contribution in [0.15, 0.2) is 85.1 Å². The van der Waals surface area contributed by atoms with Gasteiger partial charge in [0, 0.05) is 18.5 Å². The number of aliphatic carboxylic acids is 1. The summed E-state index contributed by atoms with van der Waals surface area (Å²) < 4.78 is 1.90. The summed E-state index contributed by atoms with van der Waals surface area (Å²) in [4.78, 5) is 10.9. The van der Waals surface area contributed by atoms with E-state index in [-0.39, 0.29) is 0 Å². The fourth-order valence-electron chi connectivity index (χ4n) is 4.62. The first-order valence-electron chi connectivity index (χ1n) is 11.3. The largest absolute Gasteiger partial charge is 0.478 e. The Morgan fingerprint density at radius 2 is 1.70 bits per heavy atom. The summed E-state index contributed by atoms with van der Waals surface area (Å²) in [5, 5.41) is 14.5. The number of rotatable bonds is 6. The number of nitrogens with zero attached hydrogens (tertiary/aromatic N) is 2. The van der Waals surface area contributed by atoms with E-state index < -0.39 is 5.97 Å². The number of fused-ring (bicyclic) bond motifs is 1. The molecule has 4 nitrogen and oxygen atoms in total. The molecule has 1 saturated carbocycles. The second-order valence-electron chi connectivity index (χ2n) is 8.62. The van der Waals surface area contributed by atoms with Crippen LogP contribution in [0.2, 0.25) is 0 Å². The van der Waals surface area contributed by atoms with Crippen LogP contribution in [0.1, 0.15) is 41.5 Å². The van der Waals surface area contributed by atoms with E-state index in [4.69, 9.17) is 5.11 Å². The van der Waals surface area contributed by atoms with E-state index in [1.165, 1.54) is 47.6 Å². The minimum Gasteiger partial charge on any atom is -0.478 e. The molecule has 164 valence electrons. The summed E-state index contributed by atoms with van der Waals surface area (Å²) in [6, 6.07) is 25.4. The zero-order valence-electron chi connectivity index (χ0n) is 18.6. The van der Waals surface area contributed by atoms with Gasteiger partial charge in [0.15, 0.2) is 0 Å². The molecule has 1 fully saturated rings. The average Bonchev–Trinajstić information content (AvgIpc) is 3.17. The maximum Gasteiger partial charge on any atom is 0.328 e. The predicted molar refractivity (Wildman–Crippen MR) is 134 cm³/mol. The molecular weight excluding hydrogens is 408 g/mol. The van der Waals surface area contributed by atoms with Crippen LogP contribution >= 0.6 is 0 Å². The van der Waals surface area contributed by atoms with Gasteiger partial charge in [-0.3, -0.25) is 4.68 Å². The second kappa shape index (κ2) is 8.91. The van der Waals surface area contributed by atoms with Crippen molar-refractivity contribution in [2.24, 2.45) is 13.0 Å². The quantitative estimate of drug-likeness (QED) is 0.281. The number of hydrogen-bond donors (Lipinski definition) is 1. The molecule has 0 bridgehead atoms. The fourth-order valence-corrected chi connectivity index (χ4v) is 4.62. The van der Waals surface area contributed by atoms with Crippen LogP contribution in [0.3, 0.4) is 0 Å². The molecule has 0 amide bonds. The lowest BCUT2D eigenvalue weighted by atomic mass is 9.73. The van der Waals surface area contributed by atoms with Gasteiger partial charge in [-0.1, -0.05) is 67.1 Å². The summed E-state index contributed by atoms with van der Waals surface area (Å²) in [6.07, 6.45) is 8.37. The molecule has 1 aliphatic rings. The topological polar surface area (TPSA) is 55.1 Å². The van der Waals surface area contributed by atoms with E-state index in [2.05, 4.69) is 65.8 Å². The van der Waals surface area contributed by atoms with Crippen molar-refractivity contribution in [3.63, 3.8) is 0 Å². The van der Waals surface area contributed by atoms with E-state index in [0.717, 1.165) is 22.0 Å². The van der Waals surface area contributed by atoms with Gasteiger partial charge in [0.25, 0.3) is 0 Å². The average molecular weight is 435 g/mol. The zero-order valence-corrected chi connectivity index (χ0v) is 18.6. The lowest BCUT2D eigenvalue weighted by Gasteiger charge is -2.31. The van der Waals surface area contributed by atoms with Crippen LogP contribution in [0, 0.1) is 5.92 Å². The minimum absolute atomic E-state index is 0.526. The van der Waals surface area contributed by atoms with Crippen molar-refractivity contribution in [1.29, 1.82) is 0 Å². The van der Waals surface area contributed by atoms with Gasteiger partial charge >= 0.3 is 5.97 Å². The van der Waals surface area contributed by atoms with Crippen molar-refractivity contribution in [2.75, 3.05) is 0 Å². The highest BCUT2D eigenvalue weighted by Gasteiger charge is 2.27. The third-order valence-electron chi connectivity index (χ3n) is 6.52. The van der Waals surface area contributed by atoms with Crippen LogP contribution in [0.25, 0.3) is 28.1 Å². The van der Waals surface area contributed by atoms with Crippen molar-refractivity contribution in [3.05, 3.63) is 107 Å². The molecule has 0 unspecified atom stereocenters. The van der Waals surface area contributed by atoms with Crippen LogP contribution in [0.4, 0.5) is 0 Å². The Balaban J connectivity index is 1.72. The molecular formula is C29H26N2O2. The Kier molecular flexibility index (Phi) is 5.66. The predicted octanol–water partition coefficient (Wildman–Crippen LogP) is 6.43. The summed E-state index contributed by atoms with van der Waals surface area (Å²) in [5.74, 6) is -0.417. The Morgan fingerprint density at radius 1 is 0.970 bits per heavy atom. The highest BCUT2D eigenvalue weighted by atomic mass is 16.4. The number of carboxylic acids is 1. The lowest BCUT2D eigenvalue weighted by Crippen LogP contribution is -2.15. The monoisotopic (exact) mass is 434 g/mol. The number of aromatic nitrogens is 2. The van der Waals surface area contributed by atoms with E-state index in [0.29, 0.717) is 5.92 Å². The number of aryl methyl sites for hydroxylation is 1. The van der Waals surface area contributed by atoms with Gasteiger partial charge in [-0.05, 0) is 70.4 Å². The first-order chi connectivity index (χ1) is 16.1. The summed E-state index contributed by atoms with van der Waals surface area (Å²) in [6.45, 7) is 0. The van der Waals surface area contributed by atoms with Gasteiger partial charge in [-0.2, -0.15) is 5.10 Å². The van der Waals surface area contributed by atoms with Gasteiger partial charge in [0.2, 0.25) is 0 Å².